The molecule has 13 nitrogen and oxygen atoms in total. The number of para-hydroxylation sites is 1. The van der Waals surface area contributed by atoms with Gasteiger partial charge in [-0.05, 0) is 30.5 Å². The van der Waals surface area contributed by atoms with Crippen LogP contribution in [0.3, 0.4) is 0 Å². The smallest absolute Gasteiger partial charge is 0.313 e. The third kappa shape index (κ3) is 5.48. The molecule has 0 aliphatic carbocycles. The zero-order valence-electron chi connectivity index (χ0n) is 25.7. The second-order valence-electron chi connectivity index (χ2n) is 12.2. The molecule has 1 spiro atoms. The molecule has 0 radical (unpaired) electrons. The van der Waals surface area contributed by atoms with Crippen molar-refractivity contribution in [2.75, 3.05) is 26.2 Å². The molecule has 2 N–H and O–H groups in total. The van der Waals surface area contributed by atoms with Crippen molar-refractivity contribution in [1.82, 2.24) is 30.1 Å². The van der Waals surface area contributed by atoms with Crippen molar-refractivity contribution in [3.05, 3.63) is 84.5 Å². The number of likely N-dealkylation sites (tertiary alicyclic amines) is 1. The number of aromatic nitrogens is 3. The lowest BCUT2D eigenvalue weighted by atomic mass is 9.78. The number of nitrogens with zero attached hydrogens (tertiary/aromatic N) is 5. The van der Waals surface area contributed by atoms with Crippen LogP contribution in [0.2, 0.25) is 0 Å². The molecular formula is C34H36N6O7. The summed E-state index contributed by atoms with van der Waals surface area (Å²) >= 11 is 0. The number of allylic oxidation sites excluding steroid dienone is 1. The lowest BCUT2D eigenvalue weighted by molar-refractivity contribution is -0.160. The van der Waals surface area contributed by atoms with E-state index >= 15 is 0 Å². The molecule has 3 amide bonds. The molecule has 2 aromatic carbocycles. The average Bonchev–Trinajstić information content (AvgIpc) is 3.67. The summed E-state index contributed by atoms with van der Waals surface area (Å²) in [5.74, 6) is -3.74. The topological polar surface area (TPSA) is 156 Å². The largest absolute Gasteiger partial charge is 0.455 e. The van der Waals surface area contributed by atoms with Crippen LogP contribution in [0, 0.1) is 11.8 Å². The molecule has 7 rings (SSSR count). The van der Waals surface area contributed by atoms with Gasteiger partial charge in [0.15, 0.2) is 0 Å². The normalized spacial score (nSPS) is 30.1. The molecular weight excluding hydrogens is 604 g/mol. The number of fused-ring (bicyclic) bond motifs is 3. The van der Waals surface area contributed by atoms with Gasteiger partial charge in [0.2, 0.25) is 11.8 Å². The van der Waals surface area contributed by atoms with Crippen LogP contribution in [0.1, 0.15) is 30.9 Å². The molecule has 244 valence electrons. The average molecular weight is 641 g/mol. The second kappa shape index (κ2) is 12.7. The number of benzene rings is 2. The molecule has 13 heteroatoms. The summed E-state index contributed by atoms with van der Waals surface area (Å²) in [7, 11) is 0. The van der Waals surface area contributed by atoms with Crippen molar-refractivity contribution >= 4 is 34.7 Å². The Bertz CT molecular complexity index is 1740. The number of hydrogen-bond acceptors (Lipinski definition) is 9. The van der Waals surface area contributed by atoms with Crippen LogP contribution in [0.25, 0.3) is 11.0 Å². The maximum absolute atomic E-state index is 14.6. The third-order valence-corrected chi connectivity index (χ3v) is 9.41. The Kier molecular flexibility index (Phi) is 8.33. The third-order valence-electron chi connectivity index (χ3n) is 9.41. The summed E-state index contributed by atoms with van der Waals surface area (Å²) in [5.41, 5.74) is 0.661. The number of carbonyl (C=O) groups excluding carboxylic acids is 4. The molecule has 6 atom stereocenters. The van der Waals surface area contributed by atoms with Gasteiger partial charge in [0.05, 0.1) is 24.1 Å². The Morgan fingerprint density at radius 1 is 1.00 bits per heavy atom. The van der Waals surface area contributed by atoms with Crippen LogP contribution in [0.15, 0.2) is 78.9 Å². The number of cyclic esters (lactones) is 1. The fourth-order valence-corrected chi connectivity index (χ4v) is 7.24. The minimum Gasteiger partial charge on any atom is -0.455 e. The van der Waals surface area contributed by atoms with Gasteiger partial charge in [0.1, 0.15) is 35.9 Å². The van der Waals surface area contributed by atoms with E-state index in [1.165, 1.54) is 4.90 Å². The lowest BCUT2D eigenvalue weighted by Crippen LogP contribution is -2.55. The number of carbonyl (C=O) groups is 4. The fraction of sp³-hybridized carbons (Fsp3) is 0.412. The highest BCUT2D eigenvalue weighted by molar-refractivity contribution is 5.99. The van der Waals surface area contributed by atoms with Crippen LogP contribution >= 0.6 is 0 Å². The standard InChI is InChI=1S/C34H36N6O7/c41-19-9-18-39-30-32(44)38(21-40-24-13-5-4-12-23(24)36-37-40)17-8-16-34(30)29(31(39)43)28-25(47-34)14-6-7-15-27(42)35-20-26(46-33(28)45)22-10-2-1-3-11-22/h1-6,8,10-14,16,25-26,28-30,41H,7,9,15,17-21H2,(H,35,42)/b14-6-/t25-,26+,28+,29+,30-,34+/m1/s1. The number of hydrogen-bond donors (Lipinski definition) is 2. The molecule has 0 unspecified atom stereocenters. The van der Waals surface area contributed by atoms with E-state index < -0.39 is 47.6 Å². The molecule has 5 heterocycles. The van der Waals surface area contributed by atoms with E-state index in [1.54, 1.807) is 33.9 Å². The number of ether oxygens (including phenoxy) is 2. The first-order valence-electron chi connectivity index (χ1n) is 15.9. The number of aliphatic hydroxyl groups excluding tert-OH is 1. The lowest BCUT2D eigenvalue weighted by Gasteiger charge is -2.35. The highest BCUT2D eigenvalue weighted by Crippen LogP contribution is 2.53. The zero-order valence-corrected chi connectivity index (χ0v) is 25.7. The van der Waals surface area contributed by atoms with E-state index in [1.807, 2.05) is 54.6 Å². The minimum absolute atomic E-state index is 0.0653. The first-order chi connectivity index (χ1) is 22.9. The summed E-state index contributed by atoms with van der Waals surface area (Å²) in [5, 5.41) is 21.0. The Balaban J connectivity index is 1.26. The van der Waals surface area contributed by atoms with E-state index in [0.29, 0.717) is 17.5 Å². The highest BCUT2D eigenvalue weighted by atomic mass is 16.6. The van der Waals surface area contributed by atoms with Crippen LogP contribution in [-0.2, 0) is 35.3 Å². The first kappa shape index (κ1) is 30.8. The Morgan fingerprint density at radius 3 is 2.64 bits per heavy atom. The van der Waals surface area contributed by atoms with Crippen molar-refractivity contribution in [2.24, 2.45) is 11.8 Å². The van der Waals surface area contributed by atoms with E-state index in [0.717, 1.165) is 5.52 Å². The van der Waals surface area contributed by atoms with Gasteiger partial charge in [-0.3, -0.25) is 19.2 Å². The Morgan fingerprint density at radius 2 is 1.81 bits per heavy atom. The summed E-state index contributed by atoms with van der Waals surface area (Å²) < 4.78 is 14.5. The van der Waals surface area contributed by atoms with Crippen LogP contribution in [0.4, 0.5) is 0 Å². The van der Waals surface area contributed by atoms with Crippen molar-refractivity contribution in [2.45, 2.75) is 49.8 Å². The second-order valence-corrected chi connectivity index (χ2v) is 12.2. The van der Waals surface area contributed by atoms with Crippen LogP contribution < -0.4 is 5.32 Å². The van der Waals surface area contributed by atoms with E-state index in [2.05, 4.69) is 15.6 Å². The van der Waals surface area contributed by atoms with Gasteiger partial charge in [-0.15, -0.1) is 5.10 Å². The van der Waals surface area contributed by atoms with Crippen LogP contribution in [0.5, 0.6) is 0 Å². The molecule has 4 aliphatic rings. The number of esters is 1. The van der Waals surface area contributed by atoms with Gasteiger partial charge in [-0.25, -0.2) is 4.68 Å². The molecule has 2 saturated heterocycles. The zero-order chi connectivity index (χ0) is 32.5. The van der Waals surface area contributed by atoms with Gasteiger partial charge < -0.3 is 29.7 Å². The summed E-state index contributed by atoms with van der Waals surface area (Å²) in [4.78, 5) is 58.8. The minimum atomic E-state index is -1.47. The van der Waals surface area contributed by atoms with Crippen molar-refractivity contribution in [3.8, 4) is 0 Å². The van der Waals surface area contributed by atoms with Gasteiger partial charge in [-0.2, -0.15) is 0 Å². The fourth-order valence-electron chi connectivity index (χ4n) is 7.24. The monoisotopic (exact) mass is 640 g/mol. The molecule has 2 fully saturated rings. The van der Waals surface area contributed by atoms with E-state index in [9.17, 15) is 24.3 Å². The van der Waals surface area contributed by atoms with Gasteiger partial charge >= 0.3 is 5.97 Å². The number of rotatable bonds is 6. The number of nitrogens with one attached hydrogen (secondary N) is 1. The first-order valence-corrected chi connectivity index (χ1v) is 15.9. The van der Waals surface area contributed by atoms with E-state index in [-0.39, 0.29) is 57.6 Å². The van der Waals surface area contributed by atoms with Gasteiger partial charge in [-0.1, -0.05) is 72.0 Å². The van der Waals surface area contributed by atoms with Crippen molar-refractivity contribution < 1.29 is 33.8 Å². The number of amides is 3. The molecule has 1 aromatic heterocycles. The predicted molar refractivity (Wildman–Crippen MR) is 167 cm³/mol. The predicted octanol–water partition coefficient (Wildman–Crippen LogP) is 1.50. The van der Waals surface area contributed by atoms with E-state index in [4.69, 9.17) is 9.47 Å². The van der Waals surface area contributed by atoms with Gasteiger partial charge in [0, 0.05) is 26.1 Å². The Hall–Kier alpha value is -4.88. The quantitative estimate of drug-likeness (QED) is 0.301. The summed E-state index contributed by atoms with van der Waals surface area (Å²) in [6.07, 6.45) is 6.19. The molecule has 47 heavy (non-hydrogen) atoms. The van der Waals surface area contributed by atoms with Gasteiger partial charge in [0.25, 0.3) is 5.91 Å². The van der Waals surface area contributed by atoms with Crippen molar-refractivity contribution in [1.29, 1.82) is 0 Å². The number of aliphatic hydroxyl groups is 1. The maximum Gasteiger partial charge on any atom is 0.313 e. The highest BCUT2D eigenvalue weighted by Gasteiger charge is 2.71. The summed E-state index contributed by atoms with van der Waals surface area (Å²) in [6.45, 7) is 0.271. The Labute approximate surface area is 270 Å². The molecule has 0 saturated carbocycles. The SMILES string of the molecule is O=C1CC/C=C\[C@H]2O[C@]34C=CCN(Cn5nnc6ccccc65)C(=O)[C@H]3N(CCCO)C(=O)[C@@H]4[C@H]2C(=O)O[C@H](c2ccccc2)CN1. The van der Waals surface area contributed by atoms with Crippen LogP contribution in [-0.4, -0.2) is 97.6 Å². The molecule has 0 bridgehead atoms. The summed E-state index contributed by atoms with van der Waals surface area (Å²) in [6, 6.07) is 15.4. The molecule has 3 aromatic rings. The molecule has 4 aliphatic heterocycles. The maximum atomic E-state index is 14.6. The van der Waals surface area contributed by atoms with Crippen molar-refractivity contribution in [3.63, 3.8) is 0 Å².